The number of nitrogens with one attached hydrogen (secondary N) is 1. The molecule has 1 aliphatic heterocycles. The van der Waals surface area contributed by atoms with Crippen LogP contribution in [0.25, 0.3) is 22.0 Å². The van der Waals surface area contributed by atoms with Crippen LogP contribution in [0.3, 0.4) is 0 Å². The number of carbonyl (C=O) groups excluding carboxylic acids is 1. The number of hydrogen-bond acceptors (Lipinski definition) is 4. The molecule has 4 aromatic rings. The van der Waals surface area contributed by atoms with Gasteiger partial charge in [0.1, 0.15) is 0 Å². The number of benzene rings is 3. The average molecular weight is 511 g/mol. The molecule has 5 nitrogen and oxygen atoms in total. The number of anilines is 1. The number of nitrogens with zero attached hydrogens (tertiary/aromatic N) is 3. The Morgan fingerprint density at radius 1 is 0.973 bits per heavy atom. The van der Waals surface area contributed by atoms with Gasteiger partial charge in [0.15, 0.2) is 0 Å². The van der Waals surface area contributed by atoms with Crippen molar-refractivity contribution in [1.29, 1.82) is 0 Å². The van der Waals surface area contributed by atoms with Gasteiger partial charge in [-0.15, -0.1) is 0 Å². The highest BCUT2D eigenvalue weighted by Crippen LogP contribution is 2.33. The van der Waals surface area contributed by atoms with Crippen molar-refractivity contribution in [3.63, 3.8) is 0 Å². The van der Waals surface area contributed by atoms with Gasteiger partial charge >= 0.3 is 0 Å². The molecule has 0 unspecified atom stereocenters. The fourth-order valence-electron chi connectivity index (χ4n) is 5.75. The minimum atomic E-state index is 0.0587. The number of piperidine rings is 1. The maximum Gasteiger partial charge on any atom is 0.253 e. The lowest BCUT2D eigenvalue weighted by Crippen LogP contribution is -2.42. The SMILES string of the molecule is Cc1nc(NC2CCN(C(=O)c3ccc(Cl)cc3)CC2)nc2ccc(-c3cccc4c3CCCC4)cc12. The lowest BCUT2D eigenvalue weighted by molar-refractivity contribution is 0.0718. The molecule has 6 rings (SSSR count). The highest BCUT2D eigenvalue weighted by atomic mass is 35.5. The summed E-state index contributed by atoms with van der Waals surface area (Å²) in [6.07, 6.45) is 6.61. The lowest BCUT2D eigenvalue weighted by atomic mass is 9.86. The number of aromatic nitrogens is 2. The Morgan fingerprint density at radius 3 is 2.57 bits per heavy atom. The van der Waals surface area contributed by atoms with Crippen LogP contribution >= 0.6 is 11.6 Å². The molecule has 2 aliphatic rings. The molecular formula is C31H31ClN4O. The Hall–Kier alpha value is -3.44. The number of carbonyl (C=O) groups is 1. The third kappa shape index (κ3) is 4.93. The van der Waals surface area contributed by atoms with E-state index in [0.717, 1.165) is 35.9 Å². The maximum atomic E-state index is 12.8. The molecule has 0 bridgehead atoms. The number of rotatable bonds is 4. The van der Waals surface area contributed by atoms with E-state index in [1.807, 2.05) is 4.90 Å². The van der Waals surface area contributed by atoms with Crippen molar-refractivity contribution in [2.45, 2.75) is 51.5 Å². The van der Waals surface area contributed by atoms with Crippen LogP contribution in [0.15, 0.2) is 60.7 Å². The average Bonchev–Trinajstić information content (AvgIpc) is 2.93. The van der Waals surface area contributed by atoms with Crippen LogP contribution in [0, 0.1) is 6.92 Å². The van der Waals surface area contributed by atoms with Crippen LogP contribution in [0.2, 0.25) is 5.02 Å². The van der Waals surface area contributed by atoms with E-state index >= 15 is 0 Å². The summed E-state index contributed by atoms with van der Waals surface area (Å²) in [5, 5.41) is 5.27. The quantitative estimate of drug-likeness (QED) is 0.326. The number of halogens is 1. The van der Waals surface area contributed by atoms with E-state index in [1.165, 1.54) is 41.5 Å². The molecule has 1 saturated heterocycles. The molecule has 0 saturated carbocycles. The summed E-state index contributed by atoms with van der Waals surface area (Å²) >= 11 is 5.96. The molecule has 6 heteroatoms. The number of aryl methyl sites for hydroxylation is 2. The summed E-state index contributed by atoms with van der Waals surface area (Å²) in [5.41, 5.74) is 8.22. The number of fused-ring (bicyclic) bond motifs is 2. The van der Waals surface area contributed by atoms with Gasteiger partial charge in [-0.05, 0) is 104 Å². The predicted octanol–water partition coefficient (Wildman–Crippen LogP) is 6.85. The standard InChI is InChI=1S/C31H31ClN4O/c1-20-28-19-23(27-8-4-6-21-5-2-3-7-26(21)27)11-14-29(28)35-31(33-20)34-25-15-17-36(18-16-25)30(37)22-9-12-24(32)13-10-22/h4,6,8-14,19,25H,2-3,5,7,15-18H2,1H3,(H,33,34,35). The molecule has 3 aromatic carbocycles. The van der Waals surface area contributed by atoms with Crippen molar-refractivity contribution in [2.24, 2.45) is 0 Å². The van der Waals surface area contributed by atoms with E-state index in [-0.39, 0.29) is 11.9 Å². The summed E-state index contributed by atoms with van der Waals surface area (Å²) in [6, 6.07) is 20.6. The Balaban J connectivity index is 1.16. The second kappa shape index (κ2) is 10.1. The third-order valence-corrected chi connectivity index (χ3v) is 8.05. The van der Waals surface area contributed by atoms with Crippen molar-refractivity contribution in [3.8, 4) is 11.1 Å². The molecule has 0 spiro atoms. The van der Waals surface area contributed by atoms with Gasteiger partial charge in [-0.3, -0.25) is 4.79 Å². The van der Waals surface area contributed by atoms with Crippen LogP contribution in [0.5, 0.6) is 0 Å². The number of amides is 1. The van der Waals surface area contributed by atoms with Crippen molar-refractivity contribution < 1.29 is 4.79 Å². The first-order valence-corrected chi connectivity index (χ1v) is 13.6. The van der Waals surface area contributed by atoms with E-state index < -0.39 is 0 Å². The third-order valence-electron chi connectivity index (χ3n) is 7.80. The van der Waals surface area contributed by atoms with Gasteiger partial charge in [-0.25, -0.2) is 9.97 Å². The molecule has 2 heterocycles. The van der Waals surface area contributed by atoms with Crippen molar-refractivity contribution >= 4 is 34.4 Å². The van der Waals surface area contributed by atoms with Gasteiger partial charge in [0.05, 0.1) is 11.2 Å². The highest BCUT2D eigenvalue weighted by molar-refractivity contribution is 6.30. The summed E-state index contributed by atoms with van der Waals surface area (Å²) in [5.74, 6) is 0.723. The molecule has 1 aliphatic carbocycles. The Labute approximate surface area is 222 Å². The molecule has 188 valence electrons. The van der Waals surface area contributed by atoms with Gasteiger partial charge in [0.2, 0.25) is 5.95 Å². The molecule has 0 radical (unpaired) electrons. The van der Waals surface area contributed by atoms with Crippen LogP contribution in [0.4, 0.5) is 5.95 Å². The van der Waals surface area contributed by atoms with Crippen LogP contribution in [-0.4, -0.2) is 39.9 Å². The molecule has 1 amide bonds. The maximum absolute atomic E-state index is 12.8. The van der Waals surface area contributed by atoms with Crippen LogP contribution < -0.4 is 5.32 Å². The lowest BCUT2D eigenvalue weighted by Gasteiger charge is -2.32. The molecule has 1 fully saturated rings. The molecule has 0 atom stereocenters. The second-order valence-corrected chi connectivity index (χ2v) is 10.7. The van der Waals surface area contributed by atoms with E-state index in [0.29, 0.717) is 29.6 Å². The van der Waals surface area contributed by atoms with E-state index in [2.05, 4.69) is 48.6 Å². The zero-order chi connectivity index (χ0) is 25.4. The van der Waals surface area contributed by atoms with Gasteiger partial charge in [-0.1, -0.05) is 35.9 Å². The van der Waals surface area contributed by atoms with Gasteiger partial charge in [-0.2, -0.15) is 0 Å². The summed E-state index contributed by atoms with van der Waals surface area (Å²) < 4.78 is 0. The van der Waals surface area contributed by atoms with E-state index in [1.54, 1.807) is 24.3 Å². The van der Waals surface area contributed by atoms with Crippen molar-refractivity contribution in [2.75, 3.05) is 18.4 Å². The van der Waals surface area contributed by atoms with Gasteiger partial charge in [0.25, 0.3) is 5.91 Å². The monoisotopic (exact) mass is 510 g/mol. The Morgan fingerprint density at radius 2 is 1.76 bits per heavy atom. The molecule has 37 heavy (non-hydrogen) atoms. The van der Waals surface area contributed by atoms with Crippen molar-refractivity contribution in [1.82, 2.24) is 14.9 Å². The van der Waals surface area contributed by atoms with Gasteiger partial charge < -0.3 is 10.2 Å². The Kier molecular flexibility index (Phi) is 6.56. The zero-order valence-electron chi connectivity index (χ0n) is 21.1. The summed E-state index contributed by atoms with van der Waals surface area (Å²) in [4.78, 5) is 24.4. The first-order valence-electron chi connectivity index (χ1n) is 13.3. The Bertz CT molecular complexity index is 1460. The van der Waals surface area contributed by atoms with Crippen molar-refractivity contribution in [3.05, 3.63) is 88.1 Å². The topological polar surface area (TPSA) is 58.1 Å². The first kappa shape index (κ1) is 23.9. The fraction of sp³-hybridized carbons (Fsp3) is 0.323. The minimum Gasteiger partial charge on any atom is -0.351 e. The fourth-order valence-corrected chi connectivity index (χ4v) is 5.88. The second-order valence-electron chi connectivity index (χ2n) is 10.2. The van der Waals surface area contributed by atoms with Gasteiger partial charge in [0, 0.05) is 35.1 Å². The molecular weight excluding hydrogens is 480 g/mol. The smallest absolute Gasteiger partial charge is 0.253 e. The first-order chi connectivity index (χ1) is 18.0. The van der Waals surface area contributed by atoms with Crippen LogP contribution in [0.1, 0.15) is 52.9 Å². The summed E-state index contributed by atoms with van der Waals surface area (Å²) in [6.45, 7) is 3.47. The van der Waals surface area contributed by atoms with E-state index in [9.17, 15) is 4.79 Å². The highest BCUT2D eigenvalue weighted by Gasteiger charge is 2.24. The van der Waals surface area contributed by atoms with E-state index in [4.69, 9.17) is 21.6 Å². The predicted molar refractivity (Wildman–Crippen MR) is 150 cm³/mol. The number of likely N-dealkylation sites (tertiary alicyclic amines) is 1. The zero-order valence-corrected chi connectivity index (χ0v) is 21.9. The normalized spacial score (nSPS) is 16.0. The molecule has 1 aromatic heterocycles. The summed E-state index contributed by atoms with van der Waals surface area (Å²) in [7, 11) is 0. The molecule has 1 N–H and O–H groups in total. The minimum absolute atomic E-state index is 0.0587. The van der Waals surface area contributed by atoms with Crippen LogP contribution in [-0.2, 0) is 12.8 Å². The largest absolute Gasteiger partial charge is 0.351 e. The number of hydrogen-bond donors (Lipinski definition) is 1.